The van der Waals surface area contributed by atoms with Crippen molar-refractivity contribution in [3.63, 3.8) is 0 Å². The molecule has 0 bridgehead atoms. The highest BCUT2D eigenvalue weighted by Gasteiger charge is 2.31. The molecular formula is C16H27N3O2. The quantitative estimate of drug-likeness (QED) is 0.906. The second-order valence-corrected chi connectivity index (χ2v) is 7.21. The lowest BCUT2D eigenvalue weighted by Gasteiger charge is -2.34. The Morgan fingerprint density at radius 1 is 1.48 bits per heavy atom. The molecule has 0 radical (unpaired) electrons. The third-order valence-electron chi connectivity index (χ3n) is 4.20. The highest BCUT2D eigenvalue weighted by molar-refractivity contribution is 5.95. The Kier molecular flexibility index (Phi) is 4.42. The van der Waals surface area contributed by atoms with E-state index in [4.69, 9.17) is 0 Å². The van der Waals surface area contributed by atoms with Gasteiger partial charge in [-0.25, -0.2) is 0 Å². The summed E-state index contributed by atoms with van der Waals surface area (Å²) in [6.45, 7) is 9.42. The number of aliphatic hydroxyl groups is 1. The summed E-state index contributed by atoms with van der Waals surface area (Å²) in [7, 11) is 1.85. The summed E-state index contributed by atoms with van der Waals surface area (Å²) in [6, 6.07) is 0. The maximum absolute atomic E-state index is 12.8. The van der Waals surface area contributed by atoms with E-state index in [1.165, 1.54) is 0 Å². The highest BCUT2D eigenvalue weighted by Crippen LogP contribution is 2.27. The first-order valence-electron chi connectivity index (χ1n) is 7.71. The van der Waals surface area contributed by atoms with Crippen LogP contribution in [0.25, 0.3) is 0 Å². The van der Waals surface area contributed by atoms with Gasteiger partial charge in [0, 0.05) is 37.7 Å². The van der Waals surface area contributed by atoms with E-state index in [1.807, 2.05) is 25.1 Å². The fourth-order valence-corrected chi connectivity index (χ4v) is 2.96. The molecule has 2 heterocycles. The lowest BCUT2D eigenvalue weighted by molar-refractivity contribution is 0.0464. The number of piperidine rings is 1. The topological polar surface area (TPSA) is 58.4 Å². The first-order valence-corrected chi connectivity index (χ1v) is 7.71. The Bertz CT molecular complexity index is 514. The van der Waals surface area contributed by atoms with Crippen molar-refractivity contribution >= 4 is 5.91 Å². The van der Waals surface area contributed by atoms with Gasteiger partial charge >= 0.3 is 0 Å². The van der Waals surface area contributed by atoms with E-state index in [2.05, 4.69) is 25.9 Å². The van der Waals surface area contributed by atoms with Crippen molar-refractivity contribution in [2.75, 3.05) is 13.1 Å². The Morgan fingerprint density at radius 2 is 2.14 bits per heavy atom. The van der Waals surface area contributed by atoms with Crippen molar-refractivity contribution in [3.8, 4) is 0 Å². The van der Waals surface area contributed by atoms with Gasteiger partial charge in [0.25, 0.3) is 5.91 Å². The first-order chi connectivity index (χ1) is 9.70. The number of carbonyl (C=O) groups excluding carboxylic acids is 1. The molecule has 1 aliphatic rings. The number of rotatable bonds is 2. The van der Waals surface area contributed by atoms with E-state index in [0.717, 1.165) is 25.1 Å². The Labute approximate surface area is 126 Å². The van der Waals surface area contributed by atoms with E-state index in [-0.39, 0.29) is 23.3 Å². The lowest BCUT2D eigenvalue weighted by Crippen LogP contribution is -2.43. The van der Waals surface area contributed by atoms with Gasteiger partial charge in [-0.05, 0) is 19.8 Å². The summed E-state index contributed by atoms with van der Waals surface area (Å²) in [5.74, 6) is 0.218. The molecular weight excluding hydrogens is 266 g/mol. The summed E-state index contributed by atoms with van der Waals surface area (Å²) in [6.07, 6.45) is 3.39. The fourth-order valence-electron chi connectivity index (χ4n) is 2.96. The van der Waals surface area contributed by atoms with Gasteiger partial charge in [-0.1, -0.05) is 20.8 Å². The van der Waals surface area contributed by atoms with Gasteiger partial charge in [0.2, 0.25) is 0 Å². The number of hydrogen-bond donors (Lipinski definition) is 1. The van der Waals surface area contributed by atoms with Crippen molar-refractivity contribution < 1.29 is 9.90 Å². The van der Waals surface area contributed by atoms with Crippen LogP contribution in [0.15, 0.2) is 6.20 Å². The van der Waals surface area contributed by atoms with Crippen LogP contribution in [0.4, 0.5) is 0 Å². The molecule has 5 heteroatoms. The number of aryl methyl sites for hydroxylation is 1. The average molecular weight is 293 g/mol. The van der Waals surface area contributed by atoms with Crippen molar-refractivity contribution in [2.24, 2.45) is 13.0 Å². The van der Waals surface area contributed by atoms with Crippen LogP contribution in [0.2, 0.25) is 0 Å². The summed E-state index contributed by atoms with van der Waals surface area (Å²) in [4.78, 5) is 14.7. The molecule has 2 atom stereocenters. The molecule has 0 spiro atoms. The number of hydrogen-bond acceptors (Lipinski definition) is 3. The molecule has 2 unspecified atom stereocenters. The maximum atomic E-state index is 12.8. The Hall–Kier alpha value is -1.36. The van der Waals surface area contributed by atoms with E-state index < -0.39 is 0 Å². The molecule has 1 fully saturated rings. The number of carbonyl (C=O) groups is 1. The van der Waals surface area contributed by atoms with Crippen molar-refractivity contribution in [1.29, 1.82) is 0 Å². The zero-order valence-electron chi connectivity index (χ0n) is 13.8. The van der Waals surface area contributed by atoms with Crippen LogP contribution in [0.3, 0.4) is 0 Å². The molecule has 1 N–H and O–H groups in total. The predicted octanol–water partition coefficient (Wildman–Crippen LogP) is 1.95. The molecule has 21 heavy (non-hydrogen) atoms. The monoisotopic (exact) mass is 293 g/mol. The normalized spacial score (nSPS) is 21.4. The lowest BCUT2D eigenvalue weighted by atomic mass is 9.88. The molecule has 2 rings (SSSR count). The van der Waals surface area contributed by atoms with Crippen LogP contribution < -0.4 is 0 Å². The van der Waals surface area contributed by atoms with Crippen molar-refractivity contribution in [3.05, 3.63) is 17.5 Å². The van der Waals surface area contributed by atoms with Gasteiger partial charge in [-0.3, -0.25) is 9.48 Å². The van der Waals surface area contributed by atoms with E-state index in [9.17, 15) is 9.90 Å². The third-order valence-corrected chi connectivity index (χ3v) is 4.20. The van der Waals surface area contributed by atoms with Crippen LogP contribution in [0, 0.1) is 5.92 Å². The molecule has 118 valence electrons. The number of nitrogens with zero attached hydrogens (tertiary/aromatic N) is 3. The third kappa shape index (κ3) is 3.46. The molecule has 1 saturated heterocycles. The molecule has 1 aromatic rings. The van der Waals surface area contributed by atoms with Crippen LogP contribution in [0.1, 0.15) is 56.6 Å². The average Bonchev–Trinajstić information content (AvgIpc) is 2.80. The standard InChI is InChI=1S/C16H27N3O2/c1-11(20)12-7-6-8-19(9-12)15(21)13-10-18(5)17-14(13)16(2,3)4/h10-12,20H,6-9H2,1-5H3. The summed E-state index contributed by atoms with van der Waals surface area (Å²) < 4.78 is 1.71. The molecule has 1 aromatic heterocycles. The van der Waals surface area contributed by atoms with Crippen LogP contribution >= 0.6 is 0 Å². The largest absolute Gasteiger partial charge is 0.393 e. The van der Waals surface area contributed by atoms with Gasteiger partial charge < -0.3 is 10.0 Å². The molecule has 1 amide bonds. The first kappa shape index (κ1) is 16.0. The van der Waals surface area contributed by atoms with Gasteiger partial charge in [0.05, 0.1) is 17.4 Å². The minimum atomic E-state index is -0.364. The smallest absolute Gasteiger partial charge is 0.257 e. The molecule has 0 aliphatic carbocycles. The number of likely N-dealkylation sites (tertiary alicyclic amines) is 1. The zero-order valence-corrected chi connectivity index (χ0v) is 13.8. The Morgan fingerprint density at radius 3 is 2.71 bits per heavy atom. The van der Waals surface area contributed by atoms with Gasteiger partial charge in [-0.15, -0.1) is 0 Å². The second kappa shape index (κ2) is 5.79. The van der Waals surface area contributed by atoms with Gasteiger partial charge in [0.1, 0.15) is 0 Å². The van der Waals surface area contributed by atoms with Crippen LogP contribution in [-0.2, 0) is 12.5 Å². The predicted molar refractivity (Wildman–Crippen MR) is 82.2 cm³/mol. The minimum absolute atomic E-state index is 0.0402. The fraction of sp³-hybridized carbons (Fsp3) is 0.750. The van der Waals surface area contributed by atoms with E-state index >= 15 is 0 Å². The number of aromatic nitrogens is 2. The summed E-state index contributed by atoms with van der Waals surface area (Å²) in [5.41, 5.74) is 1.37. The van der Waals surface area contributed by atoms with Crippen LogP contribution in [-0.4, -0.2) is 44.9 Å². The minimum Gasteiger partial charge on any atom is -0.393 e. The highest BCUT2D eigenvalue weighted by atomic mass is 16.3. The van der Waals surface area contributed by atoms with Crippen molar-refractivity contribution in [1.82, 2.24) is 14.7 Å². The van der Waals surface area contributed by atoms with Crippen LogP contribution in [0.5, 0.6) is 0 Å². The van der Waals surface area contributed by atoms with E-state index in [0.29, 0.717) is 12.1 Å². The zero-order chi connectivity index (χ0) is 15.8. The number of aliphatic hydroxyl groups excluding tert-OH is 1. The second-order valence-electron chi connectivity index (χ2n) is 7.21. The molecule has 5 nitrogen and oxygen atoms in total. The summed E-state index contributed by atoms with van der Waals surface area (Å²) in [5, 5.41) is 14.3. The number of amides is 1. The van der Waals surface area contributed by atoms with Gasteiger partial charge in [-0.2, -0.15) is 5.10 Å². The SMILES string of the molecule is CC(O)C1CCCN(C(=O)c2cn(C)nc2C(C)(C)C)C1. The van der Waals surface area contributed by atoms with Gasteiger partial charge in [0.15, 0.2) is 0 Å². The Balaban J connectivity index is 2.24. The maximum Gasteiger partial charge on any atom is 0.257 e. The van der Waals surface area contributed by atoms with E-state index in [1.54, 1.807) is 4.68 Å². The summed E-state index contributed by atoms with van der Waals surface area (Å²) >= 11 is 0. The van der Waals surface area contributed by atoms with Crippen molar-refractivity contribution in [2.45, 2.75) is 52.1 Å². The molecule has 0 aromatic carbocycles. The molecule has 1 aliphatic heterocycles. The molecule has 0 saturated carbocycles.